The Labute approximate surface area is 192 Å². The van der Waals surface area contributed by atoms with Crippen LogP contribution in [-0.4, -0.2) is 35.4 Å². The van der Waals surface area contributed by atoms with Gasteiger partial charge >= 0.3 is 0 Å². The van der Waals surface area contributed by atoms with E-state index in [2.05, 4.69) is 5.32 Å². The topological polar surface area (TPSA) is 58.6 Å². The number of ether oxygens (including phenoxy) is 1. The van der Waals surface area contributed by atoms with E-state index in [4.69, 9.17) is 39.5 Å². The Kier molecular flexibility index (Phi) is 9.28. The molecule has 0 aliphatic carbocycles. The molecule has 5 nitrogen and oxygen atoms in total. The first-order valence-electron chi connectivity index (χ1n) is 9.63. The van der Waals surface area contributed by atoms with E-state index in [1.165, 1.54) is 11.0 Å². The van der Waals surface area contributed by atoms with Crippen LogP contribution in [0, 0.1) is 0 Å². The number of carbonyl (C=O) groups excluding carboxylic acids is 2. The summed E-state index contributed by atoms with van der Waals surface area (Å²) >= 11 is 18.1. The molecular weight excluding hydrogens is 447 g/mol. The zero-order valence-corrected chi connectivity index (χ0v) is 19.4. The van der Waals surface area contributed by atoms with Gasteiger partial charge in [-0.2, -0.15) is 0 Å². The third-order valence-corrected chi connectivity index (χ3v) is 5.42. The number of carbonyl (C=O) groups is 2. The second-order valence-electron chi connectivity index (χ2n) is 7.01. The number of halogens is 3. The van der Waals surface area contributed by atoms with Crippen LogP contribution in [0.1, 0.15) is 32.8 Å². The summed E-state index contributed by atoms with van der Waals surface area (Å²) in [7, 11) is 0. The Morgan fingerprint density at radius 3 is 2.40 bits per heavy atom. The third kappa shape index (κ3) is 7.08. The van der Waals surface area contributed by atoms with Crippen LogP contribution in [0.5, 0.6) is 5.75 Å². The number of nitrogens with one attached hydrogen (secondary N) is 1. The number of hydrogen-bond donors (Lipinski definition) is 1. The normalized spacial score (nSPS) is 12.7. The molecule has 162 valence electrons. The van der Waals surface area contributed by atoms with E-state index in [0.717, 1.165) is 12.0 Å². The van der Waals surface area contributed by atoms with Crippen molar-refractivity contribution >= 4 is 46.6 Å². The van der Waals surface area contributed by atoms with Crippen LogP contribution in [0.3, 0.4) is 0 Å². The van der Waals surface area contributed by atoms with Gasteiger partial charge in [-0.25, -0.2) is 0 Å². The van der Waals surface area contributed by atoms with Gasteiger partial charge in [-0.1, -0.05) is 53.9 Å². The van der Waals surface area contributed by atoms with E-state index in [9.17, 15) is 9.59 Å². The van der Waals surface area contributed by atoms with Crippen LogP contribution < -0.4 is 10.1 Å². The van der Waals surface area contributed by atoms with Gasteiger partial charge in [0.05, 0.1) is 5.02 Å². The van der Waals surface area contributed by atoms with E-state index in [1.807, 2.05) is 19.9 Å². The van der Waals surface area contributed by atoms with Gasteiger partial charge in [-0.3, -0.25) is 9.59 Å². The molecule has 1 N–H and O–H groups in total. The standard InChI is InChI=1S/C22H25Cl3N2O3/c1-4-14(2)26-22(29)15(3)27(12-16-6-5-7-17(23)10-16)21(28)13-30-20-9-8-18(24)11-19(20)25/h5-11,14-15H,4,12-13H2,1-3H3,(H,26,29). The first kappa shape index (κ1) is 24.3. The molecule has 0 bridgehead atoms. The fourth-order valence-electron chi connectivity index (χ4n) is 2.69. The average molecular weight is 472 g/mol. The fourth-order valence-corrected chi connectivity index (χ4v) is 3.37. The summed E-state index contributed by atoms with van der Waals surface area (Å²) in [6, 6.07) is 11.2. The van der Waals surface area contributed by atoms with Gasteiger partial charge in [0.1, 0.15) is 11.8 Å². The summed E-state index contributed by atoms with van der Waals surface area (Å²) in [5.41, 5.74) is 0.809. The van der Waals surface area contributed by atoms with Crippen LogP contribution in [0.4, 0.5) is 0 Å². The lowest BCUT2D eigenvalue weighted by atomic mass is 10.1. The maximum absolute atomic E-state index is 13.0. The molecule has 0 spiro atoms. The van der Waals surface area contributed by atoms with Gasteiger partial charge in [-0.15, -0.1) is 0 Å². The molecule has 2 aromatic carbocycles. The van der Waals surface area contributed by atoms with Gasteiger partial charge < -0.3 is 15.0 Å². The van der Waals surface area contributed by atoms with Crippen LogP contribution in [0.2, 0.25) is 15.1 Å². The van der Waals surface area contributed by atoms with Gasteiger partial charge in [0.2, 0.25) is 5.91 Å². The van der Waals surface area contributed by atoms with Gasteiger partial charge in [0.25, 0.3) is 5.91 Å². The van der Waals surface area contributed by atoms with Crippen molar-refractivity contribution in [2.24, 2.45) is 0 Å². The lowest BCUT2D eigenvalue weighted by Crippen LogP contribution is -2.50. The van der Waals surface area contributed by atoms with Crippen molar-refractivity contribution in [3.8, 4) is 5.75 Å². The summed E-state index contributed by atoms with van der Waals surface area (Å²) in [5.74, 6) is -0.245. The molecule has 2 unspecified atom stereocenters. The predicted octanol–water partition coefficient (Wildman–Crippen LogP) is 5.36. The third-order valence-electron chi connectivity index (χ3n) is 4.66. The number of benzene rings is 2. The van der Waals surface area contributed by atoms with E-state index in [1.54, 1.807) is 37.3 Å². The SMILES string of the molecule is CCC(C)NC(=O)C(C)N(Cc1cccc(Cl)c1)C(=O)COc1ccc(Cl)cc1Cl. The highest BCUT2D eigenvalue weighted by molar-refractivity contribution is 6.35. The lowest BCUT2D eigenvalue weighted by Gasteiger charge is -2.29. The Morgan fingerprint density at radius 2 is 1.77 bits per heavy atom. The lowest BCUT2D eigenvalue weighted by molar-refractivity contribution is -0.142. The second kappa shape index (κ2) is 11.4. The molecule has 8 heteroatoms. The van der Waals surface area contributed by atoms with E-state index < -0.39 is 6.04 Å². The number of nitrogens with zero attached hydrogens (tertiary/aromatic N) is 1. The summed E-state index contributed by atoms with van der Waals surface area (Å²) in [4.78, 5) is 27.1. The van der Waals surface area contributed by atoms with Crippen molar-refractivity contribution in [1.82, 2.24) is 10.2 Å². The van der Waals surface area contributed by atoms with Crippen molar-refractivity contribution in [3.05, 3.63) is 63.1 Å². The summed E-state index contributed by atoms with van der Waals surface area (Å²) in [6.45, 7) is 5.53. The maximum atomic E-state index is 13.0. The molecule has 2 atom stereocenters. The van der Waals surface area contributed by atoms with Gasteiger partial charge in [0.15, 0.2) is 6.61 Å². The molecule has 0 saturated carbocycles. The molecule has 0 radical (unpaired) electrons. The minimum Gasteiger partial charge on any atom is -0.482 e. The Hall–Kier alpha value is -1.95. The molecule has 0 heterocycles. The highest BCUT2D eigenvalue weighted by Gasteiger charge is 2.27. The molecule has 2 rings (SSSR count). The van der Waals surface area contributed by atoms with Crippen LogP contribution in [0.25, 0.3) is 0 Å². The molecule has 0 saturated heterocycles. The number of rotatable bonds is 9. The van der Waals surface area contributed by atoms with Crippen LogP contribution in [-0.2, 0) is 16.1 Å². The van der Waals surface area contributed by atoms with Gasteiger partial charge in [-0.05, 0) is 56.2 Å². The van der Waals surface area contributed by atoms with E-state index in [-0.39, 0.29) is 31.0 Å². The first-order chi connectivity index (χ1) is 14.2. The maximum Gasteiger partial charge on any atom is 0.261 e. The smallest absolute Gasteiger partial charge is 0.261 e. The monoisotopic (exact) mass is 470 g/mol. The van der Waals surface area contributed by atoms with E-state index >= 15 is 0 Å². The summed E-state index contributed by atoms with van der Waals surface area (Å²) in [6.07, 6.45) is 0.791. The van der Waals surface area contributed by atoms with Crippen LogP contribution in [0.15, 0.2) is 42.5 Å². The quantitative estimate of drug-likeness (QED) is 0.536. The largest absolute Gasteiger partial charge is 0.482 e. The van der Waals surface area contributed by atoms with Crippen molar-refractivity contribution in [2.45, 2.75) is 45.8 Å². The molecule has 0 aliphatic rings. The van der Waals surface area contributed by atoms with Crippen molar-refractivity contribution < 1.29 is 14.3 Å². The second-order valence-corrected chi connectivity index (χ2v) is 8.29. The highest BCUT2D eigenvalue weighted by atomic mass is 35.5. The van der Waals surface area contributed by atoms with Crippen molar-refractivity contribution in [2.75, 3.05) is 6.61 Å². The zero-order valence-electron chi connectivity index (χ0n) is 17.1. The average Bonchev–Trinajstić information content (AvgIpc) is 2.70. The highest BCUT2D eigenvalue weighted by Crippen LogP contribution is 2.27. The van der Waals surface area contributed by atoms with E-state index in [0.29, 0.717) is 20.8 Å². The fraction of sp³-hybridized carbons (Fsp3) is 0.364. The van der Waals surface area contributed by atoms with Crippen molar-refractivity contribution in [1.29, 1.82) is 0 Å². The zero-order chi connectivity index (χ0) is 22.3. The molecule has 0 fully saturated rings. The Morgan fingerprint density at radius 1 is 1.07 bits per heavy atom. The molecule has 2 amide bonds. The number of amides is 2. The summed E-state index contributed by atoms with van der Waals surface area (Å²) in [5, 5.41) is 4.25. The first-order valence-corrected chi connectivity index (χ1v) is 10.8. The molecular formula is C22H25Cl3N2O3. The minimum absolute atomic E-state index is 0.00666. The minimum atomic E-state index is -0.699. The molecule has 30 heavy (non-hydrogen) atoms. The molecule has 0 aliphatic heterocycles. The molecule has 0 aromatic heterocycles. The molecule has 2 aromatic rings. The number of hydrogen-bond acceptors (Lipinski definition) is 3. The Balaban J connectivity index is 2.18. The Bertz CT molecular complexity index is 892. The predicted molar refractivity (Wildman–Crippen MR) is 121 cm³/mol. The van der Waals surface area contributed by atoms with Crippen LogP contribution >= 0.6 is 34.8 Å². The van der Waals surface area contributed by atoms with Gasteiger partial charge in [0, 0.05) is 22.6 Å². The summed E-state index contributed by atoms with van der Waals surface area (Å²) < 4.78 is 5.59. The van der Waals surface area contributed by atoms with Crippen molar-refractivity contribution in [3.63, 3.8) is 0 Å².